The van der Waals surface area contributed by atoms with Crippen LogP contribution in [0.5, 0.6) is 0 Å². The molecule has 1 atom stereocenters. The molecule has 734 valence electrons. The number of hydrogen-bond acceptors (Lipinski definition) is 25. The lowest BCUT2D eigenvalue weighted by Crippen LogP contribution is -2.41. The lowest BCUT2D eigenvalue weighted by Gasteiger charge is -2.32. The van der Waals surface area contributed by atoms with Crippen molar-refractivity contribution in [2.75, 3.05) is 178 Å². The van der Waals surface area contributed by atoms with E-state index >= 15 is 8.78 Å². The number of rotatable bonds is 20. The minimum atomic E-state index is -0.721. The van der Waals surface area contributed by atoms with Crippen LogP contribution in [0.25, 0.3) is 65.8 Å². The highest BCUT2D eigenvalue weighted by Crippen LogP contribution is 2.39. The molecule has 6 aliphatic heterocycles. The first-order valence-electron chi connectivity index (χ1n) is 45.6. The summed E-state index contributed by atoms with van der Waals surface area (Å²) in [5.41, 5.74) is 10.4. The van der Waals surface area contributed by atoms with Crippen LogP contribution in [0, 0.1) is 29.1 Å². The molecule has 30 nitrogen and oxygen atoms in total. The first kappa shape index (κ1) is 103. The maximum atomic E-state index is 15.8. The highest BCUT2D eigenvalue weighted by molar-refractivity contribution is 9.11. The van der Waals surface area contributed by atoms with Gasteiger partial charge in [0, 0.05) is 224 Å². The van der Waals surface area contributed by atoms with E-state index in [0.29, 0.717) is 126 Å². The number of nitrogens with one attached hydrogen (secondary N) is 2. The Morgan fingerprint density at radius 3 is 1.14 bits per heavy atom. The maximum absolute atomic E-state index is 15.8. The fraction of sp³-hybridized carbons (Fsp3) is 0.427. The normalized spacial score (nSPS) is 16.6. The van der Waals surface area contributed by atoms with Gasteiger partial charge in [0.25, 0.3) is 0 Å². The van der Waals surface area contributed by atoms with Crippen molar-refractivity contribution in [3.63, 3.8) is 0 Å². The highest BCUT2D eigenvalue weighted by atomic mass is 79.9. The number of aliphatic hydroxyl groups is 2. The van der Waals surface area contributed by atoms with Gasteiger partial charge in [-0.05, 0) is 192 Å². The van der Waals surface area contributed by atoms with E-state index in [2.05, 4.69) is 113 Å². The Morgan fingerprint density at radius 2 is 0.739 bits per heavy atom. The zero-order valence-electron chi connectivity index (χ0n) is 78.4. The van der Waals surface area contributed by atoms with Crippen molar-refractivity contribution in [3.05, 3.63) is 207 Å². The predicted octanol–water partition coefficient (Wildman–Crippen LogP) is 16.4. The average Bonchev–Trinajstić information content (AvgIpc) is 1.60. The molecule has 0 radical (unpaired) electrons. The van der Waals surface area contributed by atoms with Crippen LogP contribution in [-0.4, -0.2) is 270 Å². The van der Waals surface area contributed by atoms with E-state index in [9.17, 15) is 18.3 Å². The number of halogens is 11. The van der Waals surface area contributed by atoms with Crippen LogP contribution in [0.2, 0.25) is 15.2 Å². The van der Waals surface area contributed by atoms with Gasteiger partial charge in [-0.15, -0.1) is 0 Å². The minimum Gasteiger partial charge on any atom is -0.399 e. The van der Waals surface area contributed by atoms with Crippen LogP contribution in [0.15, 0.2) is 135 Å². The number of aliphatic hydroxyl groups excluding tert-OH is 2. The zero-order valence-corrected chi connectivity index (χ0v) is 85.4. The quantitative estimate of drug-likeness (QED) is 0.0313. The zero-order chi connectivity index (χ0) is 97.8. The van der Waals surface area contributed by atoms with Crippen LogP contribution in [0.1, 0.15) is 69.2 Å². The fourth-order valence-electron chi connectivity index (χ4n) is 16.7. The van der Waals surface area contributed by atoms with E-state index in [4.69, 9.17) is 88.0 Å². The van der Waals surface area contributed by atoms with Gasteiger partial charge in [0.1, 0.15) is 45.9 Å². The molecule has 6 aliphatic rings. The van der Waals surface area contributed by atoms with Gasteiger partial charge in [-0.3, -0.25) is 38.1 Å². The van der Waals surface area contributed by atoms with Crippen molar-refractivity contribution in [1.82, 2.24) is 83.5 Å². The number of benzene rings is 7. The van der Waals surface area contributed by atoms with Crippen molar-refractivity contribution in [2.24, 2.45) is 35.2 Å². The molecule has 4 N–H and O–H groups in total. The van der Waals surface area contributed by atoms with Crippen LogP contribution >= 0.6 is 82.6 Å². The molecular weight excluding hydrogens is 2040 g/mol. The largest absolute Gasteiger partial charge is 0.497 e. The van der Waals surface area contributed by atoms with E-state index in [0.717, 1.165) is 214 Å². The lowest BCUT2D eigenvalue weighted by molar-refractivity contribution is 0.00578. The van der Waals surface area contributed by atoms with Crippen LogP contribution in [0.3, 0.4) is 0 Å². The van der Waals surface area contributed by atoms with Gasteiger partial charge in [0.15, 0.2) is 0 Å². The number of anilines is 6. The summed E-state index contributed by atoms with van der Waals surface area (Å²) < 4.78 is 120. The molecule has 6 fully saturated rings. The topological polar surface area (TPSA) is 286 Å². The summed E-state index contributed by atoms with van der Waals surface area (Å²) in [7, 11) is 8.53. The second kappa shape index (κ2) is 46.7. The smallest absolute Gasteiger partial charge is 0.399 e. The molecular formula is C96H111BBr3Cl3F5N21O9. The third-order valence-electron chi connectivity index (χ3n) is 25.0. The van der Waals surface area contributed by atoms with Crippen molar-refractivity contribution in [3.8, 4) is 11.3 Å². The van der Waals surface area contributed by atoms with Gasteiger partial charge >= 0.3 is 7.12 Å². The molecule has 7 aromatic carbocycles. The molecule has 0 amide bonds. The summed E-state index contributed by atoms with van der Waals surface area (Å²) in [6.45, 7) is 27.9. The van der Waals surface area contributed by atoms with E-state index in [1.165, 1.54) is 12.1 Å². The first-order chi connectivity index (χ1) is 66.2. The summed E-state index contributed by atoms with van der Waals surface area (Å²) in [5.74, 6) is 0.813. The Kier molecular flexibility index (Phi) is 34.9. The Bertz CT molecular complexity index is 6540. The van der Waals surface area contributed by atoms with Crippen molar-refractivity contribution in [1.29, 1.82) is 0 Å². The molecule has 42 heteroatoms. The molecule has 0 saturated carbocycles. The van der Waals surface area contributed by atoms with Crippen molar-refractivity contribution in [2.45, 2.75) is 77.6 Å². The Balaban J connectivity index is 0.000000130. The molecule has 7 aromatic heterocycles. The number of fused-ring (bicyclic) bond motifs is 5. The number of aryl methyl sites for hydroxylation is 5. The van der Waals surface area contributed by atoms with E-state index < -0.39 is 24.4 Å². The lowest BCUT2D eigenvalue weighted by atomic mass is 9.78. The summed E-state index contributed by atoms with van der Waals surface area (Å²) in [4.78, 5) is 29.5. The predicted molar refractivity (Wildman–Crippen MR) is 540 cm³/mol. The number of ether oxygens (including phenoxy) is 5. The molecule has 14 aromatic rings. The molecule has 6 saturated heterocycles. The average molecular weight is 2150 g/mol. The second-order valence-corrected chi connectivity index (χ2v) is 38.8. The SMILES string of the molecule is CC(O)c1nn(C)c2cc(Br)c(F)cc12.Clc1ccc(Nc2cc(Cl)nc(N3CCOCC3)n2)cc1.Cn1nc(CCN2CCOCC2)c2cc(F)c(-c3cc(Nc4ccc(Cl)cc4)nc(N4CCOCC4)n3)cc21.Cn1nc(CCN2CCOCC2)c2cc(F)c(B3OC(C)(C)C(C)(C)O3)cc21.Cn1nc(CCN2CCOCC2)c2cc(F)c(Br)cc21.Cn1nc(CCO)c2cc(F)c(Br)cc21. The fourth-order valence-corrected chi connectivity index (χ4v) is 18.1. The minimum absolute atomic E-state index is 0.0177. The summed E-state index contributed by atoms with van der Waals surface area (Å²) in [6.07, 6.45) is 2.11. The summed E-state index contributed by atoms with van der Waals surface area (Å²) in [6, 6.07) is 34.6. The Hall–Kier alpha value is -9.21. The van der Waals surface area contributed by atoms with Crippen LogP contribution < -0.4 is 25.9 Å². The van der Waals surface area contributed by atoms with E-state index in [-0.39, 0.29) is 35.7 Å². The van der Waals surface area contributed by atoms with Gasteiger partial charge in [0.05, 0.1) is 159 Å². The molecule has 138 heavy (non-hydrogen) atoms. The van der Waals surface area contributed by atoms with Crippen molar-refractivity contribution >= 4 is 185 Å². The van der Waals surface area contributed by atoms with E-state index in [1.807, 2.05) is 124 Å². The Labute approximate surface area is 837 Å². The monoisotopic (exact) mass is 2150 g/mol. The highest BCUT2D eigenvalue weighted by Gasteiger charge is 2.53. The van der Waals surface area contributed by atoms with E-state index in [1.54, 1.807) is 78.9 Å². The second-order valence-electron chi connectivity index (χ2n) is 35.0. The number of aromatic nitrogens is 14. The van der Waals surface area contributed by atoms with Gasteiger partial charge < -0.3 is 63.6 Å². The number of nitrogens with zero attached hydrogens (tertiary/aromatic N) is 19. The summed E-state index contributed by atoms with van der Waals surface area (Å²) >= 11 is 27.5. The number of morpholine rings is 5. The summed E-state index contributed by atoms with van der Waals surface area (Å²) in [5, 5.41) is 52.9. The van der Waals surface area contributed by atoms with Gasteiger partial charge in [0.2, 0.25) is 11.9 Å². The van der Waals surface area contributed by atoms with Crippen LogP contribution in [0.4, 0.5) is 56.9 Å². The number of hydrogen-bond donors (Lipinski definition) is 4. The van der Waals surface area contributed by atoms with Gasteiger partial charge in [-0.25, -0.2) is 31.9 Å². The molecule has 0 spiro atoms. The van der Waals surface area contributed by atoms with Crippen molar-refractivity contribution < 1.29 is 65.2 Å². The van der Waals surface area contributed by atoms with Gasteiger partial charge in [-0.2, -0.15) is 35.5 Å². The standard InChI is InChI=1S/C28H31ClFN7O2.C20H29BFN3O3.C14H17BrFN3O.C14H14Cl2N4O.2C10H10BrFN2O/c1-35-26-17-21(23(30)16-22(26)24(34-35)6-7-36-8-12-38-13-9-36)25-18-27(31-20-4-2-19(29)3-5-20)33-28(32-25)37-10-14-39-15-11-37;1-19(2)20(3,4)28-21(27-19)15-13-18-14(12-16(15)22)17(23-24(18)5)6-7-25-8-10-26-11-9-25;1-18-14-9-11(15)12(16)8-10(14)13(17-18)2-3-19-4-6-20-7-5-19;15-10-1-3-11(4-2-10)17-13-9-12(16)18-14(19-13)20-5-7-21-8-6-20;1-5(15)10-6-3-8(12)7(11)4-9(6)14(2)13-10;1-14-10-5-7(11)8(12)4-6(10)9(13-14)2-3-15/h2-5,16-18H,6-15H2,1H3,(H,31,32,33);12-13H,6-11H2,1-5H3;8-9H,2-7H2,1H3;1-4,9H,5-8H2,(H,17,18,19);3-5,15H,1-2H3;4-5,15H,2-3H2,1H3. The van der Waals surface area contributed by atoms with Gasteiger partial charge in [-0.1, -0.05) is 34.8 Å². The molecule has 20 rings (SSSR count). The molecule has 0 aliphatic carbocycles. The maximum Gasteiger partial charge on any atom is 0.497 e. The molecule has 1 unspecified atom stereocenters. The molecule has 13 heterocycles. The molecule has 0 bridgehead atoms. The van der Waals surface area contributed by atoms with Crippen LogP contribution in [-0.2, 0) is 93.9 Å². The third kappa shape index (κ3) is 25.6. The first-order valence-corrected chi connectivity index (χ1v) is 49.1. The third-order valence-corrected chi connectivity index (χ3v) is 27.5. The Morgan fingerprint density at radius 1 is 0.406 bits per heavy atom.